The van der Waals surface area contributed by atoms with Gasteiger partial charge in [-0.1, -0.05) is 12.1 Å². The van der Waals surface area contributed by atoms with E-state index < -0.39 is 0 Å². The number of rotatable bonds is 5. The zero-order valence-electron chi connectivity index (χ0n) is 11.6. The summed E-state index contributed by atoms with van der Waals surface area (Å²) < 4.78 is 0. The van der Waals surface area contributed by atoms with Crippen LogP contribution >= 0.6 is 0 Å². The van der Waals surface area contributed by atoms with Crippen molar-refractivity contribution >= 4 is 22.8 Å². The molecule has 0 aliphatic carbocycles. The number of carbonyl (C=O) groups excluding carboxylic acids is 2. The lowest BCUT2D eigenvalue weighted by atomic mass is 10.3. The zero-order chi connectivity index (χ0) is 14.5. The lowest BCUT2D eigenvalue weighted by molar-refractivity contribution is -0.122. The fourth-order valence-electron chi connectivity index (χ4n) is 1.91. The van der Waals surface area contributed by atoms with E-state index in [9.17, 15) is 9.59 Å². The molecule has 0 saturated carbocycles. The minimum Gasteiger partial charge on any atom is -0.356 e. The molecule has 106 valence electrons. The number of aromatic amines is 1. The molecule has 2 rings (SSSR count). The molecular formula is C14H18N4O2. The van der Waals surface area contributed by atoms with Crippen molar-refractivity contribution in [3.8, 4) is 0 Å². The number of amides is 2. The molecule has 1 aromatic heterocycles. The second kappa shape index (κ2) is 6.18. The van der Waals surface area contributed by atoms with Gasteiger partial charge >= 0.3 is 0 Å². The Hall–Kier alpha value is -2.37. The van der Waals surface area contributed by atoms with E-state index in [1.807, 2.05) is 31.2 Å². The van der Waals surface area contributed by atoms with Crippen molar-refractivity contribution in [1.82, 2.24) is 20.6 Å². The third-order valence-corrected chi connectivity index (χ3v) is 2.92. The van der Waals surface area contributed by atoms with E-state index in [1.165, 1.54) is 6.92 Å². The van der Waals surface area contributed by atoms with Crippen LogP contribution in [0.2, 0.25) is 0 Å². The average molecular weight is 274 g/mol. The first-order valence-corrected chi connectivity index (χ1v) is 6.54. The molecule has 1 atom stereocenters. The Labute approximate surface area is 117 Å². The first kappa shape index (κ1) is 14.0. The number of fused-ring (bicyclic) bond motifs is 1. The Kier molecular flexibility index (Phi) is 4.34. The van der Waals surface area contributed by atoms with Gasteiger partial charge in [0.1, 0.15) is 5.82 Å². The van der Waals surface area contributed by atoms with Crippen LogP contribution < -0.4 is 10.6 Å². The maximum Gasteiger partial charge on any atom is 0.222 e. The topological polar surface area (TPSA) is 86.9 Å². The van der Waals surface area contributed by atoms with Crippen LogP contribution in [-0.4, -0.2) is 28.3 Å². The lowest BCUT2D eigenvalue weighted by Crippen LogP contribution is -2.31. The summed E-state index contributed by atoms with van der Waals surface area (Å²) in [7, 11) is 0. The van der Waals surface area contributed by atoms with E-state index in [0.29, 0.717) is 6.54 Å². The normalized spacial score (nSPS) is 12.1. The van der Waals surface area contributed by atoms with Gasteiger partial charge in [-0.05, 0) is 19.1 Å². The molecule has 0 fully saturated rings. The molecule has 0 bridgehead atoms. The van der Waals surface area contributed by atoms with Gasteiger partial charge in [0, 0.05) is 19.9 Å². The Morgan fingerprint density at radius 3 is 2.80 bits per heavy atom. The molecule has 6 nitrogen and oxygen atoms in total. The molecule has 0 aliphatic rings. The number of nitrogens with zero attached hydrogens (tertiary/aromatic N) is 1. The van der Waals surface area contributed by atoms with Crippen LogP contribution in [-0.2, 0) is 9.59 Å². The molecule has 0 aliphatic heterocycles. The summed E-state index contributed by atoms with van der Waals surface area (Å²) in [6.45, 7) is 3.64. The van der Waals surface area contributed by atoms with Crippen LogP contribution in [0.3, 0.4) is 0 Å². The minimum atomic E-state index is -0.202. The van der Waals surface area contributed by atoms with E-state index in [2.05, 4.69) is 20.6 Å². The summed E-state index contributed by atoms with van der Waals surface area (Å²) in [5, 5.41) is 5.43. The smallest absolute Gasteiger partial charge is 0.222 e. The van der Waals surface area contributed by atoms with E-state index in [-0.39, 0.29) is 24.3 Å². The number of benzene rings is 1. The number of hydrogen-bond acceptors (Lipinski definition) is 3. The van der Waals surface area contributed by atoms with Crippen molar-refractivity contribution in [2.75, 3.05) is 6.54 Å². The second-order valence-corrected chi connectivity index (χ2v) is 4.66. The first-order chi connectivity index (χ1) is 9.56. The van der Waals surface area contributed by atoms with Crippen LogP contribution in [0.15, 0.2) is 24.3 Å². The quantitative estimate of drug-likeness (QED) is 0.767. The van der Waals surface area contributed by atoms with Gasteiger partial charge in [-0.2, -0.15) is 0 Å². The maximum atomic E-state index is 11.7. The molecule has 1 unspecified atom stereocenters. The molecule has 3 N–H and O–H groups in total. The van der Waals surface area contributed by atoms with Crippen LogP contribution in [0.1, 0.15) is 32.1 Å². The summed E-state index contributed by atoms with van der Waals surface area (Å²) in [6.07, 6.45) is 0.254. The lowest BCUT2D eigenvalue weighted by Gasteiger charge is -2.11. The SMILES string of the molecule is CC(=O)NCCC(=O)NC(C)c1nc2ccccc2[nH]1. The summed E-state index contributed by atoms with van der Waals surface area (Å²) in [5.74, 6) is 0.467. The highest BCUT2D eigenvalue weighted by atomic mass is 16.2. The minimum absolute atomic E-state index is 0.119. The monoisotopic (exact) mass is 274 g/mol. The van der Waals surface area contributed by atoms with E-state index in [1.54, 1.807) is 0 Å². The van der Waals surface area contributed by atoms with Crippen LogP contribution in [0.5, 0.6) is 0 Å². The van der Waals surface area contributed by atoms with Crippen molar-refractivity contribution in [3.63, 3.8) is 0 Å². The molecule has 0 radical (unpaired) electrons. The summed E-state index contributed by atoms with van der Waals surface area (Å²) in [6, 6.07) is 7.51. The number of para-hydroxylation sites is 2. The van der Waals surface area contributed by atoms with E-state index in [4.69, 9.17) is 0 Å². The van der Waals surface area contributed by atoms with E-state index >= 15 is 0 Å². The van der Waals surface area contributed by atoms with Crippen LogP contribution in [0.4, 0.5) is 0 Å². The van der Waals surface area contributed by atoms with E-state index in [0.717, 1.165) is 16.9 Å². The van der Waals surface area contributed by atoms with Crippen molar-refractivity contribution in [3.05, 3.63) is 30.1 Å². The van der Waals surface area contributed by atoms with Crippen molar-refractivity contribution in [2.45, 2.75) is 26.3 Å². The summed E-state index contributed by atoms with van der Waals surface area (Å²) in [4.78, 5) is 30.0. The van der Waals surface area contributed by atoms with Gasteiger partial charge in [-0.15, -0.1) is 0 Å². The van der Waals surface area contributed by atoms with Crippen molar-refractivity contribution in [2.24, 2.45) is 0 Å². The molecule has 1 aromatic carbocycles. The van der Waals surface area contributed by atoms with Crippen LogP contribution in [0.25, 0.3) is 11.0 Å². The highest BCUT2D eigenvalue weighted by molar-refractivity contribution is 5.78. The highest BCUT2D eigenvalue weighted by Gasteiger charge is 2.13. The van der Waals surface area contributed by atoms with Crippen LogP contribution in [0, 0.1) is 0 Å². The molecule has 0 spiro atoms. The predicted molar refractivity (Wildman–Crippen MR) is 76.0 cm³/mol. The van der Waals surface area contributed by atoms with Crippen molar-refractivity contribution in [1.29, 1.82) is 0 Å². The summed E-state index contributed by atoms with van der Waals surface area (Å²) >= 11 is 0. The van der Waals surface area contributed by atoms with Gasteiger partial charge in [0.2, 0.25) is 11.8 Å². The van der Waals surface area contributed by atoms with Crippen molar-refractivity contribution < 1.29 is 9.59 Å². The Morgan fingerprint density at radius 2 is 2.10 bits per heavy atom. The molecule has 2 aromatic rings. The molecule has 6 heteroatoms. The molecule has 0 saturated heterocycles. The van der Waals surface area contributed by atoms with Gasteiger partial charge in [-0.25, -0.2) is 4.98 Å². The van der Waals surface area contributed by atoms with Gasteiger partial charge in [0.05, 0.1) is 17.1 Å². The Morgan fingerprint density at radius 1 is 1.35 bits per heavy atom. The number of nitrogens with one attached hydrogen (secondary N) is 3. The van der Waals surface area contributed by atoms with Gasteiger partial charge in [-0.3, -0.25) is 9.59 Å². The highest BCUT2D eigenvalue weighted by Crippen LogP contribution is 2.15. The third kappa shape index (κ3) is 3.57. The number of H-pyrrole nitrogens is 1. The van der Waals surface area contributed by atoms with Gasteiger partial charge < -0.3 is 15.6 Å². The second-order valence-electron chi connectivity index (χ2n) is 4.66. The number of aromatic nitrogens is 2. The number of carbonyl (C=O) groups is 2. The molecular weight excluding hydrogens is 256 g/mol. The fourth-order valence-corrected chi connectivity index (χ4v) is 1.91. The summed E-state index contributed by atoms with van der Waals surface area (Å²) in [5.41, 5.74) is 1.82. The Balaban J connectivity index is 1.92. The molecule has 20 heavy (non-hydrogen) atoms. The number of imidazole rings is 1. The fraction of sp³-hybridized carbons (Fsp3) is 0.357. The Bertz CT molecular complexity index is 587. The molecule has 1 heterocycles. The third-order valence-electron chi connectivity index (χ3n) is 2.92. The number of hydrogen-bond donors (Lipinski definition) is 3. The average Bonchev–Trinajstić information content (AvgIpc) is 2.82. The molecule has 2 amide bonds. The van der Waals surface area contributed by atoms with Gasteiger partial charge in [0.15, 0.2) is 0 Å². The maximum absolute atomic E-state index is 11.7. The largest absolute Gasteiger partial charge is 0.356 e. The first-order valence-electron chi connectivity index (χ1n) is 6.54. The van der Waals surface area contributed by atoms with Gasteiger partial charge in [0.25, 0.3) is 0 Å². The standard InChI is InChI=1S/C14H18N4O2/c1-9(16-13(20)7-8-15-10(2)19)14-17-11-5-3-4-6-12(11)18-14/h3-6,9H,7-8H2,1-2H3,(H,15,19)(H,16,20)(H,17,18). The predicted octanol–water partition coefficient (Wildman–Crippen LogP) is 1.27. The zero-order valence-corrected chi connectivity index (χ0v) is 11.6.